The fourth-order valence-electron chi connectivity index (χ4n) is 3.51. The number of ether oxygens (including phenoxy) is 1. The van der Waals surface area contributed by atoms with E-state index >= 15 is 0 Å². The van der Waals surface area contributed by atoms with Crippen LogP contribution in [0.2, 0.25) is 0 Å². The van der Waals surface area contributed by atoms with E-state index in [-0.39, 0.29) is 11.7 Å². The molecule has 1 aliphatic heterocycles. The maximum atomic E-state index is 12.9. The van der Waals surface area contributed by atoms with Crippen molar-refractivity contribution in [1.82, 2.24) is 18.6 Å². The molecule has 3 heterocycles. The summed E-state index contributed by atoms with van der Waals surface area (Å²) in [5.41, 5.74) is 0.238. The molecule has 1 atom stereocenters. The van der Waals surface area contributed by atoms with Gasteiger partial charge in [-0.25, -0.2) is 4.79 Å². The minimum absolute atomic E-state index is 0.0972. The number of rotatable bonds is 5. The molecule has 8 nitrogen and oxygen atoms in total. The molecule has 1 fully saturated rings. The van der Waals surface area contributed by atoms with Crippen LogP contribution in [0.1, 0.15) is 18.1 Å². The van der Waals surface area contributed by atoms with E-state index in [1.54, 1.807) is 17.3 Å². The predicted octanol–water partition coefficient (Wildman–Crippen LogP) is 4.27. The number of piperazine rings is 1. The van der Waals surface area contributed by atoms with E-state index in [0.717, 1.165) is 29.4 Å². The summed E-state index contributed by atoms with van der Waals surface area (Å²) in [5, 5.41) is 2.57. The van der Waals surface area contributed by atoms with Crippen molar-refractivity contribution in [2.24, 2.45) is 0 Å². The first-order chi connectivity index (χ1) is 15.8. The third-order valence-electron chi connectivity index (χ3n) is 5.20. The third kappa shape index (κ3) is 5.51. The Morgan fingerprint density at radius 1 is 1.21 bits per heavy atom. The molecule has 1 aromatic carbocycles. The number of amides is 2. The summed E-state index contributed by atoms with van der Waals surface area (Å²) >= 11 is 1.04. The van der Waals surface area contributed by atoms with Gasteiger partial charge in [0.15, 0.2) is 0 Å². The molecule has 12 heteroatoms. The van der Waals surface area contributed by atoms with Gasteiger partial charge >= 0.3 is 12.2 Å². The maximum absolute atomic E-state index is 12.9. The van der Waals surface area contributed by atoms with Crippen LogP contribution in [0.15, 0.2) is 48.8 Å². The lowest BCUT2D eigenvalue weighted by Crippen LogP contribution is -2.55. The number of benzene rings is 1. The van der Waals surface area contributed by atoms with E-state index in [1.165, 1.54) is 12.1 Å². The molecule has 0 unspecified atom stereocenters. The van der Waals surface area contributed by atoms with Gasteiger partial charge in [-0.2, -0.15) is 17.5 Å². The number of anilines is 2. The number of carbonyl (C=O) groups excluding carboxylic acids is 1. The van der Waals surface area contributed by atoms with Crippen LogP contribution in [0.3, 0.4) is 0 Å². The van der Waals surface area contributed by atoms with Gasteiger partial charge in [0.2, 0.25) is 5.82 Å². The van der Waals surface area contributed by atoms with Crippen LogP contribution >= 0.6 is 11.7 Å². The van der Waals surface area contributed by atoms with Gasteiger partial charge in [0.05, 0.1) is 17.3 Å². The molecular weight excluding hydrogens is 457 g/mol. The molecule has 1 saturated heterocycles. The van der Waals surface area contributed by atoms with E-state index < -0.39 is 17.8 Å². The van der Waals surface area contributed by atoms with Crippen molar-refractivity contribution < 1.29 is 22.7 Å². The number of carbonyl (C=O) groups is 1. The van der Waals surface area contributed by atoms with Gasteiger partial charge in [-0.05, 0) is 42.8 Å². The molecule has 0 radical (unpaired) electrons. The summed E-state index contributed by atoms with van der Waals surface area (Å²) in [6, 6.07) is 7.63. The second kappa shape index (κ2) is 9.61. The quantitative estimate of drug-likeness (QED) is 0.590. The Labute approximate surface area is 192 Å². The zero-order valence-corrected chi connectivity index (χ0v) is 18.4. The molecular formula is C21H21F3N6O2S. The Balaban J connectivity index is 1.36. The van der Waals surface area contributed by atoms with Crippen LogP contribution < -0.4 is 15.0 Å². The van der Waals surface area contributed by atoms with E-state index in [4.69, 9.17) is 4.74 Å². The first kappa shape index (κ1) is 22.8. The number of hydrogen-bond donors (Lipinski definition) is 1. The van der Waals surface area contributed by atoms with Crippen LogP contribution in [0.4, 0.5) is 29.5 Å². The van der Waals surface area contributed by atoms with Crippen molar-refractivity contribution in [2.75, 3.05) is 29.9 Å². The summed E-state index contributed by atoms with van der Waals surface area (Å²) in [6.45, 7) is 3.53. The third-order valence-corrected chi connectivity index (χ3v) is 5.70. The molecule has 1 aliphatic rings. The molecule has 0 spiro atoms. The number of pyridine rings is 1. The second-order valence-corrected chi connectivity index (χ2v) is 8.06. The molecule has 2 aromatic heterocycles. The minimum Gasteiger partial charge on any atom is -0.470 e. The van der Waals surface area contributed by atoms with Gasteiger partial charge in [0.25, 0.3) is 5.88 Å². The molecule has 174 valence electrons. The van der Waals surface area contributed by atoms with Gasteiger partial charge < -0.3 is 19.9 Å². The van der Waals surface area contributed by atoms with Crippen LogP contribution in [0, 0.1) is 0 Å². The van der Waals surface area contributed by atoms with E-state index in [9.17, 15) is 18.0 Å². The Morgan fingerprint density at radius 3 is 2.73 bits per heavy atom. The molecule has 0 bridgehead atoms. The van der Waals surface area contributed by atoms with Crippen LogP contribution in [-0.4, -0.2) is 50.3 Å². The molecule has 33 heavy (non-hydrogen) atoms. The molecule has 3 aromatic rings. The highest BCUT2D eigenvalue weighted by molar-refractivity contribution is 6.99. The number of nitrogens with one attached hydrogen (secondary N) is 1. The average molecular weight is 479 g/mol. The minimum atomic E-state index is -4.47. The van der Waals surface area contributed by atoms with Crippen LogP contribution in [-0.2, 0) is 12.8 Å². The Kier molecular flexibility index (Phi) is 6.63. The van der Waals surface area contributed by atoms with Crippen molar-refractivity contribution in [3.05, 3.63) is 59.9 Å². The van der Waals surface area contributed by atoms with E-state index in [2.05, 4.69) is 19.0 Å². The molecule has 1 N–H and O–H groups in total. The molecule has 0 aliphatic carbocycles. The number of halogens is 3. The fraction of sp³-hybridized carbons (Fsp3) is 0.333. The number of nitrogens with zero attached hydrogens (tertiary/aromatic N) is 5. The standard InChI is InChI=1S/C21H21F3N6O2S/c1-14-12-29(18-19(28-33-27-18)32-13-15-5-7-25-8-6-15)9-10-30(14)20(31)26-17-4-2-3-16(11-17)21(22,23)24/h2-8,11,14H,9-10,12-13H2,1H3,(H,26,31)/t14-/m1/s1. The van der Waals surface area contributed by atoms with Crippen molar-refractivity contribution in [1.29, 1.82) is 0 Å². The Bertz CT molecular complexity index is 1090. The van der Waals surface area contributed by atoms with Crippen molar-refractivity contribution in [2.45, 2.75) is 25.7 Å². The van der Waals surface area contributed by atoms with Gasteiger partial charge in [0.1, 0.15) is 6.61 Å². The van der Waals surface area contributed by atoms with Gasteiger partial charge in [-0.3, -0.25) is 4.98 Å². The summed E-state index contributed by atoms with van der Waals surface area (Å²) in [4.78, 5) is 20.3. The average Bonchev–Trinajstić information content (AvgIpc) is 3.26. The maximum Gasteiger partial charge on any atom is 0.416 e. The molecule has 4 rings (SSSR count). The first-order valence-electron chi connectivity index (χ1n) is 10.2. The first-order valence-corrected chi connectivity index (χ1v) is 10.9. The Morgan fingerprint density at radius 2 is 2.00 bits per heavy atom. The van der Waals surface area contributed by atoms with Crippen LogP contribution in [0.5, 0.6) is 5.88 Å². The fourth-order valence-corrected chi connectivity index (χ4v) is 4.03. The lowest BCUT2D eigenvalue weighted by atomic mass is 10.2. The largest absolute Gasteiger partial charge is 0.470 e. The Hall–Kier alpha value is -3.41. The molecule has 0 saturated carbocycles. The van der Waals surface area contributed by atoms with Crippen LogP contribution in [0.25, 0.3) is 0 Å². The summed E-state index contributed by atoms with van der Waals surface area (Å²) < 4.78 is 53.2. The zero-order valence-electron chi connectivity index (χ0n) is 17.6. The van der Waals surface area contributed by atoms with Crippen molar-refractivity contribution in [3.63, 3.8) is 0 Å². The van der Waals surface area contributed by atoms with Gasteiger partial charge in [-0.15, -0.1) is 4.37 Å². The smallest absolute Gasteiger partial charge is 0.416 e. The monoisotopic (exact) mass is 478 g/mol. The highest BCUT2D eigenvalue weighted by Crippen LogP contribution is 2.31. The summed E-state index contributed by atoms with van der Waals surface area (Å²) in [5.74, 6) is 1.03. The zero-order chi connectivity index (χ0) is 23.4. The normalized spacial score (nSPS) is 16.5. The summed E-state index contributed by atoms with van der Waals surface area (Å²) in [7, 11) is 0. The number of aromatic nitrogens is 3. The topological polar surface area (TPSA) is 83.5 Å². The SMILES string of the molecule is C[C@@H]1CN(c2nsnc2OCc2ccncc2)CCN1C(=O)Nc1cccc(C(F)(F)F)c1. The van der Waals surface area contributed by atoms with Gasteiger partial charge in [-0.1, -0.05) is 6.07 Å². The number of alkyl halides is 3. The predicted molar refractivity (Wildman–Crippen MR) is 117 cm³/mol. The lowest BCUT2D eigenvalue weighted by molar-refractivity contribution is -0.137. The highest BCUT2D eigenvalue weighted by atomic mass is 32.1. The lowest BCUT2D eigenvalue weighted by Gasteiger charge is -2.39. The molecule has 2 amide bonds. The summed E-state index contributed by atoms with van der Waals surface area (Å²) in [6.07, 6.45) is -1.10. The number of urea groups is 1. The van der Waals surface area contributed by atoms with Crippen molar-refractivity contribution in [3.8, 4) is 5.88 Å². The number of hydrogen-bond acceptors (Lipinski definition) is 7. The van der Waals surface area contributed by atoms with Crippen molar-refractivity contribution >= 4 is 29.3 Å². The van der Waals surface area contributed by atoms with Gasteiger partial charge in [0, 0.05) is 43.8 Å². The highest BCUT2D eigenvalue weighted by Gasteiger charge is 2.32. The van der Waals surface area contributed by atoms with E-state index in [0.29, 0.717) is 37.9 Å². The van der Waals surface area contributed by atoms with E-state index in [1.807, 2.05) is 24.0 Å². The second-order valence-electron chi connectivity index (χ2n) is 7.53.